The maximum absolute atomic E-state index is 13.5. The molecular weight excluding hydrogens is 1570 g/mol. The summed E-state index contributed by atoms with van der Waals surface area (Å²) < 4.78 is 126. The summed E-state index contributed by atoms with van der Waals surface area (Å²) in [5.74, 6) is -13.6. The topological polar surface area (TPSA) is 430 Å². The molecule has 30 nitrogen and oxygen atoms in total. The van der Waals surface area contributed by atoms with Gasteiger partial charge in [-0.05, 0) is 141 Å². The molecule has 118 heavy (non-hydrogen) atoms. The first-order valence-corrected chi connectivity index (χ1v) is 39.4. The smallest absolute Gasteiger partial charge is 0.463 e. The summed E-state index contributed by atoms with van der Waals surface area (Å²) in [4.78, 5) is 165. The Labute approximate surface area is 682 Å². The van der Waals surface area contributed by atoms with Gasteiger partial charge in [0, 0.05) is 71.1 Å². The molecule has 0 bridgehead atoms. The van der Waals surface area contributed by atoms with Crippen molar-refractivity contribution in [2.24, 2.45) is 85.8 Å². The van der Waals surface area contributed by atoms with Crippen molar-refractivity contribution in [1.82, 2.24) is 62.6 Å². The van der Waals surface area contributed by atoms with Gasteiger partial charge >= 0.3 is 42.2 Å². The van der Waals surface area contributed by atoms with Crippen molar-refractivity contribution < 1.29 is 111 Å². The quantitative estimate of drug-likeness (QED) is 0.0554. The van der Waals surface area contributed by atoms with Crippen LogP contribution in [0.5, 0.6) is 0 Å². The number of nitrogens with zero attached hydrogens (tertiary/aromatic N) is 6. The van der Waals surface area contributed by atoms with Crippen LogP contribution in [0.3, 0.4) is 0 Å². The molecule has 9 rings (SSSR count). The van der Waals surface area contributed by atoms with Crippen molar-refractivity contribution in [2.45, 2.75) is 269 Å². The van der Waals surface area contributed by atoms with E-state index in [1.54, 1.807) is 23.1 Å². The Morgan fingerprint density at radius 1 is 0.441 bits per heavy atom. The Bertz CT molecular complexity index is 3530. The van der Waals surface area contributed by atoms with E-state index in [0.29, 0.717) is 38.9 Å². The van der Waals surface area contributed by atoms with Gasteiger partial charge in [-0.15, -0.1) is 0 Å². The molecule has 6 saturated heterocycles. The number of hydrogen-bond donors (Lipinski definition) is 9. The van der Waals surface area contributed by atoms with E-state index in [0.717, 1.165) is 0 Å². The second-order valence-corrected chi connectivity index (χ2v) is 38.1. The maximum Gasteiger partial charge on any atom is 0.471 e. The highest BCUT2D eigenvalue weighted by Gasteiger charge is 2.73. The Morgan fingerprint density at radius 3 is 0.805 bits per heavy atom. The summed E-state index contributed by atoms with van der Waals surface area (Å²) in [6.07, 6.45) is -13.5. The molecule has 9 aliphatic rings. The standard InChI is InChI=1S/3C23H32F3N5O4.C5H10O2.C5H12O/c3*1-21(2,3)16(30-20(35)23(24,25)26)19(34)31-10-13-14(22(13,4)5)15(31)18(33)29-12(9-27)8-11-6-7-28-17(11)32;1-4(2)7-5(3)6;1-5(2,3)6-4/h3*11-16H,6-8,10H2,1-5H3,(H,28,32)(H,29,33)(H,30,35);4H,1-3H3;1-4H3/t3*11-,12-,13-,14-,15-,16+;;/m000../s1. The normalized spacial score (nSPS) is 26.9. The van der Waals surface area contributed by atoms with Crippen molar-refractivity contribution in [3.8, 4) is 18.2 Å². The van der Waals surface area contributed by atoms with Crippen molar-refractivity contribution >= 4 is 76.9 Å². The monoisotopic (exact) mass is 1690 g/mol. The number of carbonyl (C=O) groups excluding carboxylic acids is 13. The minimum Gasteiger partial charge on any atom is -0.463 e. The number of methoxy groups -OCH3 is 1. The Kier molecular flexibility index (Phi) is 31.4. The van der Waals surface area contributed by atoms with Crippen LogP contribution in [-0.2, 0) is 71.8 Å². The van der Waals surface area contributed by atoms with Crippen LogP contribution in [0.4, 0.5) is 39.5 Å². The van der Waals surface area contributed by atoms with Crippen LogP contribution >= 0.6 is 0 Å². The molecule has 0 aromatic heterocycles. The third-order valence-electron chi connectivity index (χ3n) is 23.7. The van der Waals surface area contributed by atoms with E-state index < -0.39 is 160 Å². The van der Waals surface area contributed by atoms with Crippen LogP contribution in [-0.4, -0.2) is 223 Å². The first-order chi connectivity index (χ1) is 53.7. The van der Waals surface area contributed by atoms with Crippen LogP contribution in [0.1, 0.15) is 184 Å². The molecule has 18 atom stereocenters. The van der Waals surface area contributed by atoms with E-state index in [9.17, 15) is 118 Å². The van der Waals surface area contributed by atoms with E-state index >= 15 is 0 Å². The molecule has 0 aromatic rings. The zero-order chi connectivity index (χ0) is 90.6. The molecule has 39 heteroatoms. The van der Waals surface area contributed by atoms with Gasteiger partial charge in [-0.3, -0.25) is 62.3 Å². The van der Waals surface area contributed by atoms with E-state index in [1.807, 2.05) is 94.4 Å². The molecule has 12 amide bonds. The van der Waals surface area contributed by atoms with E-state index in [4.69, 9.17) is 4.74 Å². The van der Waals surface area contributed by atoms with Gasteiger partial charge in [-0.2, -0.15) is 55.3 Å². The van der Waals surface area contributed by atoms with Crippen LogP contribution in [0.2, 0.25) is 0 Å². The number of rotatable bonds is 19. The lowest BCUT2D eigenvalue weighted by atomic mass is 9.85. The van der Waals surface area contributed by atoms with Crippen LogP contribution < -0.4 is 47.9 Å². The van der Waals surface area contributed by atoms with E-state index in [2.05, 4.69) is 36.6 Å². The summed E-state index contributed by atoms with van der Waals surface area (Å²) in [5.41, 5.74) is -3.94. The van der Waals surface area contributed by atoms with Crippen molar-refractivity contribution in [3.05, 3.63) is 0 Å². The molecule has 3 saturated carbocycles. The number of alkyl halides is 9. The average molecular weight is 1690 g/mol. The second kappa shape index (κ2) is 37.3. The SMILES string of the molecule is CC(=O)OC(C)C.CC(C)(C)[C@H](NC(=O)C(F)(F)F)C(=O)N1C[C@H]2[C@@H]([C@H]1C(=O)N[C@H](C#N)C[C@@H]1CCNC1=O)C2(C)C.CC(C)(C)[C@H](NC(=O)C(F)(F)F)C(=O)N1C[C@H]2[C@@H]([C@H]1C(=O)N[C@H](C#N)C[C@@H]1CCNC1=O)C2(C)C.CC(C)(C)[C@H](NC(=O)C(F)(F)F)C(=O)N1C[C@H]2[C@@H]([C@H]1C(=O)N[C@H](C#N)C[C@@H]1CCNC1=O)C2(C)C.COC(C)(C)C. The predicted octanol–water partition coefficient (Wildman–Crippen LogP) is 5.68. The minimum atomic E-state index is -5.16. The number of nitriles is 3. The summed E-state index contributed by atoms with van der Waals surface area (Å²) >= 11 is 0. The number of halogens is 9. The number of carbonyl (C=O) groups is 13. The molecule has 6 aliphatic heterocycles. The predicted molar refractivity (Wildman–Crippen MR) is 405 cm³/mol. The molecule has 662 valence electrons. The highest BCUT2D eigenvalue weighted by atomic mass is 19.4. The number of esters is 1. The molecule has 6 heterocycles. The third-order valence-corrected chi connectivity index (χ3v) is 23.7. The largest absolute Gasteiger partial charge is 0.471 e. The van der Waals surface area contributed by atoms with E-state index in [-0.39, 0.29) is 126 Å². The molecule has 0 aromatic carbocycles. The zero-order valence-corrected chi connectivity index (χ0v) is 71.2. The summed E-state index contributed by atoms with van der Waals surface area (Å²) in [7, 11) is 1.71. The fraction of sp³-hybridized carbons (Fsp3) is 0.797. The molecular formula is C79H118F9N15O15. The molecule has 3 aliphatic carbocycles. The summed E-state index contributed by atoms with van der Waals surface area (Å²) in [6, 6.07) is -4.44. The van der Waals surface area contributed by atoms with Gasteiger partial charge in [0.05, 0.1) is 29.9 Å². The number of hydrogen-bond acceptors (Lipinski definition) is 18. The lowest BCUT2D eigenvalue weighted by Crippen LogP contribution is -2.61. The Hall–Kier alpha value is -9.09. The molecule has 0 spiro atoms. The fourth-order valence-corrected chi connectivity index (χ4v) is 16.5. The first kappa shape index (κ1) is 99.5. The van der Waals surface area contributed by atoms with Crippen LogP contribution in [0, 0.1) is 120 Å². The number of fused-ring (bicyclic) bond motifs is 3. The highest BCUT2D eigenvalue weighted by molar-refractivity contribution is 5.98. The van der Waals surface area contributed by atoms with Gasteiger partial charge < -0.3 is 72.0 Å². The number of piperidine rings is 3. The third kappa shape index (κ3) is 24.8. The van der Waals surface area contributed by atoms with Gasteiger partial charge in [0.15, 0.2) is 0 Å². The Balaban J connectivity index is 0.000000292. The number of likely N-dealkylation sites (tertiary alicyclic amines) is 3. The van der Waals surface area contributed by atoms with Gasteiger partial charge in [0.2, 0.25) is 53.2 Å². The lowest BCUT2D eigenvalue weighted by Gasteiger charge is -2.37. The first-order valence-electron chi connectivity index (χ1n) is 39.4. The van der Waals surface area contributed by atoms with Gasteiger partial charge in [0.25, 0.3) is 0 Å². The van der Waals surface area contributed by atoms with Gasteiger partial charge in [-0.1, -0.05) is 104 Å². The van der Waals surface area contributed by atoms with Crippen molar-refractivity contribution in [1.29, 1.82) is 15.8 Å². The number of nitrogens with one attached hydrogen (secondary N) is 9. The summed E-state index contributed by atoms with van der Waals surface area (Å²) in [6.45, 7) is 38.5. The number of amides is 12. The average Bonchev–Trinajstić information content (AvgIpc) is 1.54. The van der Waals surface area contributed by atoms with E-state index in [1.165, 1.54) is 83.9 Å². The maximum atomic E-state index is 13.5. The van der Waals surface area contributed by atoms with Crippen molar-refractivity contribution in [2.75, 3.05) is 46.4 Å². The van der Waals surface area contributed by atoms with Gasteiger partial charge in [-0.25, -0.2) is 0 Å². The fourth-order valence-electron chi connectivity index (χ4n) is 16.5. The zero-order valence-electron chi connectivity index (χ0n) is 71.2. The highest BCUT2D eigenvalue weighted by Crippen LogP contribution is 2.67. The summed E-state index contributed by atoms with van der Waals surface area (Å²) in [5, 5.41) is 50.0. The van der Waals surface area contributed by atoms with Crippen LogP contribution in [0.25, 0.3) is 0 Å². The van der Waals surface area contributed by atoms with Crippen LogP contribution in [0.15, 0.2) is 0 Å². The lowest BCUT2D eigenvalue weighted by molar-refractivity contribution is -0.176. The minimum absolute atomic E-state index is 0.0255. The Morgan fingerprint density at radius 2 is 0.661 bits per heavy atom. The second-order valence-electron chi connectivity index (χ2n) is 38.1. The number of ether oxygens (including phenoxy) is 2. The van der Waals surface area contributed by atoms with Gasteiger partial charge in [0.1, 0.15) is 54.4 Å². The molecule has 0 radical (unpaired) electrons. The molecule has 0 unspecified atom stereocenters. The van der Waals surface area contributed by atoms with Crippen molar-refractivity contribution in [3.63, 3.8) is 0 Å². The molecule has 9 N–H and O–H groups in total. The molecule has 9 fully saturated rings.